The second kappa shape index (κ2) is 7.33. The van der Waals surface area contributed by atoms with Gasteiger partial charge in [-0.2, -0.15) is 0 Å². The maximum Gasteiger partial charge on any atom is 0.315 e. The summed E-state index contributed by atoms with van der Waals surface area (Å²) < 4.78 is 5.20. The van der Waals surface area contributed by atoms with Crippen molar-refractivity contribution < 1.29 is 19.4 Å². The molecule has 1 N–H and O–H groups in total. The summed E-state index contributed by atoms with van der Waals surface area (Å²) in [5.41, 5.74) is 1.24. The first-order chi connectivity index (χ1) is 16.1. The number of hydrogen-bond donors (Lipinski definition) is 1. The molecule has 0 aromatic carbocycles. The Kier molecular flexibility index (Phi) is 5.29. The molecule has 194 valence electrons. The zero-order valence-corrected chi connectivity index (χ0v) is 23.2. The minimum Gasteiger partial charge on any atom is -0.468 e. The Hall–Kier alpha value is -1.42. The molecular weight excluding hydrogens is 436 g/mol. The zero-order valence-electron chi connectivity index (χ0n) is 23.2. The molecule has 0 bridgehead atoms. The Morgan fingerprint density at radius 2 is 1.57 bits per heavy atom. The largest absolute Gasteiger partial charge is 0.468 e. The van der Waals surface area contributed by atoms with Crippen LogP contribution in [-0.4, -0.2) is 30.1 Å². The van der Waals surface area contributed by atoms with E-state index >= 15 is 0 Å². The quantitative estimate of drug-likeness (QED) is 0.438. The van der Waals surface area contributed by atoms with Gasteiger partial charge in [0.05, 0.1) is 18.6 Å². The summed E-state index contributed by atoms with van der Waals surface area (Å²) in [6.07, 6.45) is 11.5. The van der Waals surface area contributed by atoms with Gasteiger partial charge in [0.1, 0.15) is 0 Å². The van der Waals surface area contributed by atoms with Gasteiger partial charge in [-0.1, -0.05) is 47.6 Å². The van der Waals surface area contributed by atoms with E-state index in [-0.39, 0.29) is 50.8 Å². The Balaban J connectivity index is 1.67. The van der Waals surface area contributed by atoms with E-state index < -0.39 is 5.41 Å². The summed E-state index contributed by atoms with van der Waals surface area (Å²) >= 11 is 0. The summed E-state index contributed by atoms with van der Waals surface area (Å²) in [5, 5.41) is 10.9. The van der Waals surface area contributed by atoms with E-state index in [2.05, 4.69) is 47.6 Å². The fraction of sp³-hybridized carbons (Fsp3) is 0.806. The highest BCUT2D eigenvalue weighted by Gasteiger charge is 2.69. The van der Waals surface area contributed by atoms with Crippen LogP contribution >= 0.6 is 0 Å². The van der Waals surface area contributed by atoms with Gasteiger partial charge in [0.25, 0.3) is 0 Å². The van der Waals surface area contributed by atoms with Crippen molar-refractivity contribution in [3.05, 3.63) is 23.3 Å². The molecule has 4 nitrogen and oxygen atoms in total. The lowest BCUT2D eigenvalue weighted by molar-refractivity contribution is -0.197. The monoisotopic (exact) mass is 482 g/mol. The highest BCUT2D eigenvalue weighted by Crippen LogP contribution is 2.74. The van der Waals surface area contributed by atoms with Crippen molar-refractivity contribution in [1.82, 2.24) is 0 Å². The number of methoxy groups -OCH3 is 1. The van der Waals surface area contributed by atoms with Crippen LogP contribution in [0.3, 0.4) is 0 Å². The van der Waals surface area contributed by atoms with E-state index in [1.54, 1.807) is 0 Å². The topological polar surface area (TPSA) is 63.6 Å². The van der Waals surface area contributed by atoms with Crippen LogP contribution < -0.4 is 0 Å². The molecule has 3 fully saturated rings. The standard InChI is InChI=1S/C31H46O4/c1-26(2)22-9-12-31(7)24(29(22,5)11-10-23(26)33)21(32)17-19-20-18-28(4,25(34)35-8)14-13-27(20,3)15-16-30(19,31)6/h17-18,22-24,33H,9-16H2,1-8H3. The highest BCUT2D eigenvalue weighted by molar-refractivity contribution is 5.96. The molecule has 35 heavy (non-hydrogen) atoms. The minimum absolute atomic E-state index is 0.000392. The van der Waals surface area contributed by atoms with Gasteiger partial charge >= 0.3 is 5.97 Å². The predicted octanol–water partition coefficient (Wildman–Crippen LogP) is 6.42. The molecule has 0 aliphatic heterocycles. The van der Waals surface area contributed by atoms with Crippen LogP contribution in [0.15, 0.2) is 23.3 Å². The van der Waals surface area contributed by atoms with E-state index in [0.29, 0.717) is 5.92 Å². The van der Waals surface area contributed by atoms with Gasteiger partial charge in [-0.05, 0) is 109 Å². The zero-order chi connectivity index (χ0) is 25.8. The number of ketones is 1. The molecule has 8 atom stereocenters. The molecule has 5 rings (SSSR count). The molecule has 0 heterocycles. The first kappa shape index (κ1) is 25.2. The van der Waals surface area contributed by atoms with Gasteiger partial charge in [0.15, 0.2) is 5.78 Å². The number of fused-ring (bicyclic) bond motifs is 7. The maximum atomic E-state index is 14.3. The Bertz CT molecular complexity index is 1040. The fourth-order valence-corrected chi connectivity index (χ4v) is 9.98. The molecular formula is C31H46O4. The number of carbonyl (C=O) groups excluding carboxylic acids is 2. The van der Waals surface area contributed by atoms with Crippen LogP contribution in [0.25, 0.3) is 0 Å². The Labute approximate surface area is 212 Å². The van der Waals surface area contributed by atoms with Gasteiger partial charge in [0.2, 0.25) is 0 Å². The van der Waals surface area contributed by atoms with Gasteiger partial charge in [-0.3, -0.25) is 9.59 Å². The number of rotatable bonds is 1. The molecule has 0 amide bonds. The Morgan fingerprint density at radius 3 is 2.23 bits per heavy atom. The van der Waals surface area contributed by atoms with Gasteiger partial charge in [-0.15, -0.1) is 0 Å². The van der Waals surface area contributed by atoms with Crippen LogP contribution in [0.5, 0.6) is 0 Å². The molecule has 8 unspecified atom stereocenters. The third-order valence-electron chi connectivity index (χ3n) is 12.6. The highest BCUT2D eigenvalue weighted by atomic mass is 16.5. The molecule has 0 radical (unpaired) electrons. The lowest BCUT2D eigenvalue weighted by Gasteiger charge is -2.69. The van der Waals surface area contributed by atoms with Crippen LogP contribution in [0.1, 0.15) is 99.8 Å². The van der Waals surface area contributed by atoms with Crippen LogP contribution in [0.2, 0.25) is 0 Å². The van der Waals surface area contributed by atoms with E-state index in [4.69, 9.17) is 4.74 Å². The van der Waals surface area contributed by atoms with Crippen molar-refractivity contribution in [3.8, 4) is 0 Å². The lowest BCUT2D eigenvalue weighted by atomic mass is 9.34. The molecule has 0 aromatic rings. The average Bonchev–Trinajstić information content (AvgIpc) is 2.78. The third kappa shape index (κ3) is 3.01. The average molecular weight is 483 g/mol. The summed E-state index contributed by atoms with van der Waals surface area (Å²) in [7, 11) is 1.47. The summed E-state index contributed by atoms with van der Waals surface area (Å²) in [4.78, 5) is 27.0. The normalized spacial score (nSPS) is 50.5. The second-order valence-corrected chi connectivity index (χ2v) is 14.6. The number of allylic oxidation sites excluding steroid dienone is 3. The number of hydrogen-bond acceptors (Lipinski definition) is 4. The van der Waals surface area contributed by atoms with Crippen LogP contribution in [0, 0.1) is 44.3 Å². The lowest BCUT2D eigenvalue weighted by Crippen LogP contribution is -2.65. The fourth-order valence-electron chi connectivity index (χ4n) is 9.98. The smallest absolute Gasteiger partial charge is 0.315 e. The van der Waals surface area contributed by atoms with E-state index in [0.717, 1.165) is 51.4 Å². The van der Waals surface area contributed by atoms with Crippen LogP contribution in [-0.2, 0) is 14.3 Å². The van der Waals surface area contributed by atoms with Gasteiger partial charge in [-0.25, -0.2) is 0 Å². The second-order valence-electron chi connectivity index (χ2n) is 14.6. The first-order valence-corrected chi connectivity index (χ1v) is 13.9. The number of ether oxygens (including phenoxy) is 1. The van der Waals surface area contributed by atoms with E-state index in [9.17, 15) is 14.7 Å². The molecule has 5 aliphatic carbocycles. The molecule has 0 spiro atoms. The SMILES string of the molecule is COC(=O)C1(C)C=C2C3=CC(=O)C4C5(C)CCC(O)C(C)(C)C5CCC4(C)C3(C)CCC2(C)CC1. The van der Waals surface area contributed by atoms with Crippen molar-refractivity contribution in [2.75, 3.05) is 7.11 Å². The van der Waals surface area contributed by atoms with Gasteiger partial charge in [0, 0.05) is 5.92 Å². The number of aliphatic hydroxyl groups excluding tert-OH is 1. The molecule has 5 aliphatic rings. The summed E-state index contributed by atoms with van der Waals surface area (Å²) in [6, 6.07) is 0. The minimum atomic E-state index is -0.642. The molecule has 0 aromatic heterocycles. The maximum absolute atomic E-state index is 14.3. The van der Waals surface area contributed by atoms with Gasteiger partial charge < -0.3 is 9.84 Å². The molecule has 0 saturated heterocycles. The van der Waals surface area contributed by atoms with Crippen LogP contribution in [0.4, 0.5) is 0 Å². The molecule has 4 heteroatoms. The van der Waals surface area contributed by atoms with E-state index in [1.165, 1.54) is 18.3 Å². The van der Waals surface area contributed by atoms with Crippen molar-refractivity contribution in [2.45, 2.75) is 106 Å². The number of esters is 1. The first-order valence-electron chi connectivity index (χ1n) is 13.9. The Morgan fingerprint density at radius 1 is 0.914 bits per heavy atom. The number of aliphatic hydroxyl groups is 1. The van der Waals surface area contributed by atoms with Crippen molar-refractivity contribution in [3.63, 3.8) is 0 Å². The predicted molar refractivity (Wildman–Crippen MR) is 137 cm³/mol. The molecule has 3 saturated carbocycles. The van der Waals surface area contributed by atoms with Crippen molar-refractivity contribution in [1.29, 1.82) is 0 Å². The van der Waals surface area contributed by atoms with Crippen molar-refractivity contribution in [2.24, 2.45) is 44.3 Å². The van der Waals surface area contributed by atoms with Crippen molar-refractivity contribution >= 4 is 11.8 Å². The third-order valence-corrected chi connectivity index (χ3v) is 12.6. The number of carbonyl (C=O) groups is 2. The van der Waals surface area contributed by atoms with E-state index in [1.807, 2.05) is 13.0 Å². The summed E-state index contributed by atoms with van der Waals surface area (Å²) in [6.45, 7) is 15.9. The summed E-state index contributed by atoms with van der Waals surface area (Å²) in [5.74, 6) is 0.400.